The van der Waals surface area contributed by atoms with Gasteiger partial charge in [-0.3, -0.25) is 24.1 Å². The summed E-state index contributed by atoms with van der Waals surface area (Å²) in [5.74, 6) is -4.62. The van der Waals surface area contributed by atoms with E-state index in [4.69, 9.17) is 23.2 Å². The van der Waals surface area contributed by atoms with E-state index >= 15 is 4.79 Å². The van der Waals surface area contributed by atoms with E-state index in [1.165, 1.54) is 9.80 Å². The molecular weight excluding hydrogens is 635 g/mol. The molecule has 2 heterocycles. The number of phenolic OH excluding ortho intramolecular Hbond substituents is 1. The van der Waals surface area contributed by atoms with Gasteiger partial charge in [-0.15, -0.1) is 0 Å². The van der Waals surface area contributed by atoms with Crippen molar-refractivity contribution in [3.8, 4) is 5.75 Å². The second-order valence-corrected chi connectivity index (χ2v) is 13.5. The number of rotatable bonds is 4. The van der Waals surface area contributed by atoms with E-state index in [9.17, 15) is 19.5 Å². The van der Waals surface area contributed by atoms with Crippen LogP contribution in [-0.2, 0) is 24.6 Å². The molecule has 234 valence electrons. The van der Waals surface area contributed by atoms with Crippen LogP contribution >= 0.6 is 23.2 Å². The summed E-state index contributed by atoms with van der Waals surface area (Å²) in [4.78, 5) is 60.6. The first-order chi connectivity index (χ1) is 22.7. The Morgan fingerprint density at radius 2 is 1.40 bits per heavy atom. The molecule has 3 fully saturated rings. The molecule has 2 aliphatic carbocycles. The molecule has 1 N–H and O–H groups in total. The number of phenols is 1. The summed E-state index contributed by atoms with van der Waals surface area (Å²) in [7, 11) is 0. The van der Waals surface area contributed by atoms with E-state index in [0.717, 1.165) is 11.1 Å². The number of carbonyl (C=O) groups excluding carboxylic acids is 4. The highest BCUT2D eigenvalue weighted by Gasteiger charge is 2.70. The van der Waals surface area contributed by atoms with Gasteiger partial charge in [0, 0.05) is 16.0 Å². The summed E-state index contributed by atoms with van der Waals surface area (Å²) in [5.41, 5.74) is 1.72. The number of hydrogen-bond donors (Lipinski definition) is 1. The highest BCUT2D eigenvalue weighted by Crippen LogP contribution is 2.64. The fourth-order valence-electron chi connectivity index (χ4n) is 8.63. The number of nitrogens with zero attached hydrogens (tertiary/aromatic N) is 2. The molecular formula is C38H28Cl2N2O5. The first-order valence-corrected chi connectivity index (χ1v) is 16.3. The van der Waals surface area contributed by atoms with Crippen LogP contribution in [0.25, 0.3) is 0 Å². The second-order valence-electron chi connectivity index (χ2n) is 12.7. The van der Waals surface area contributed by atoms with E-state index in [1.807, 2.05) is 36.4 Å². The monoisotopic (exact) mass is 662 g/mol. The van der Waals surface area contributed by atoms with Gasteiger partial charge in [0.2, 0.25) is 23.6 Å². The Kier molecular flexibility index (Phi) is 6.90. The van der Waals surface area contributed by atoms with Crippen LogP contribution < -0.4 is 9.80 Å². The Balaban J connectivity index is 1.34. The number of halogens is 2. The van der Waals surface area contributed by atoms with Gasteiger partial charge < -0.3 is 5.11 Å². The van der Waals surface area contributed by atoms with Crippen molar-refractivity contribution in [2.24, 2.45) is 23.7 Å². The summed E-state index contributed by atoms with van der Waals surface area (Å²) in [5, 5.41) is 11.1. The Bertz CT molecular complexity index is 1990. The van der Waals surface area contributed by atoms with Gasteiger partial charge in [0.15, 0.2) is 0 Å². The minimum absolute atomic E-state index is 0.0636. The molecule has 2 aliphatic heterocycles. The lowest BCUT2D eigenvalue weighted by Crippen LogP contribution is -2.53. The third kappa shape index (κ3) is 4.26. The van der Waals surface area contributed by atoms with E-state index < -0.39 is 35.0 Å². The van der Waals surface area contributed by atoms with Crippen molar-refractivity contribution in [3.63, 3.8) is 0 Å². The molecule has 0 unspecified atom stereocenters. The standard InChI is InChI=1S/C38H28Cl2N2O5/c39-23-11-13-25(14-12-23)41-34(44)29-18-17-28-30(32(29)36(41)46)20-31-35(45)42(26-8-4-7-24(40)19-26)37(47)38(31,22-5-2-1-3-6-22)33(28)21-9-15-27(43)16-10-21/h1-17,19,29-33,43H,18,20H2/t29-,30+,31-,32-,33-,38+/m0/s1. The summed E-state index contributed by atoms with van der Waals surface area (Å²) in [6, 6.07) is 29.3. The molecule has 4 amide bonds. The SMILES string of the molecule is O=C1[C@H]2[C@H](CC=C3[C@H]2C[C@H]2C(=O)N(c4cccc(Cl)c4)C(=O)[C@@]2(c2ccccc2)[C@H]3c2ccc(O)cc2)C(=O)N1c1ccc(Cl)cc1. The van der Waals surface area contributed by atoms with Crippen molar-refractivity contribution in [1.29, 1.82) is 0 Å². The molecule has 9 heteroatoms. The molecule has 4 aliphatic rings. The van der Waals surface area contributed by atoms with Crippen LogP contribution in [0.15, 0.2) is 115 Å². The molecule has 0 radical (unpaired) electrons. The van der Waals surface area contributed by atoms with Gasteiger partial charge in [0.25, 0.3) is 0 Å². The first-order valence-electron chi connectivity index (χ1n) is 15.5. The smallest absolute Gasteiger partial charge is 0.246 e. The first kappa shape index (κ1) is 29.7. The average molecular weight is 664 g/mol. The maximum Gasteiger partial charge on any atom is 0.246 e. The maximum atomic E-state index is 15.2. The number of amides is 4. The number of fused-ring (bicyclic) bond motifs is 4. The lowest BCUT2D eigenvalue weighted by molar-refractivity contribution is -0.127. The quantitative estimate of drug-likeness (QED) is 0.186. The van der Waals surface area contributed by atoms with Crippen LogP contribution in [0.2, 0.25) is 10.0 Å². The molecule has 1 saturated carbocycles. The van der Waals surface area contributed by atoms with E-state index in [2.05, 4.69) is 0 Å². The lowest BCUT2D eigenvalue weighted by Gasteiger charge is -2.50. The van der Waals surface area contributed by atoms with Gasteiger partial charge in [0.05, 0.1) is 34.5 Å². The Morgan fingerprint density at radius 3 is 2.11 bits per heavy atom. The summed E-state index contributed by atoms with van der Waals surface area (Å²) in [6.45, 7) is 0. The summed E-state index contributed by atoms with van der Waals surface area (Å²) < 4.78 is 0. The lowest BCUT2D eigenvalue weighted by atomic mass is 9.49. The van der Waals surface area contributed by atoms with Gasteiger partial charge in [-0.1, -0.05) is 83.4 Å². The maximum absolute atomic E-state index is 15.2. The van der Waals surface area contributed by atoms with E-state index in [0.29, 0.717) is 33.4 Å². The highest BCUT2D eigenvalue weighted by atomic mass is 35.5. The van der Waals surface area contributed by atoms with Crippen LogP contribution in [-0.4, -0.2) is 28.7 Å². The molecule has 7 nitrogen and oxygen atoms in total. The van der Waals surface area contributed by atoms with Gasteiger partial charge in [-0.25, -0.2) is 4.90 Å². The number of carbonyl (C=O) groups is 4. The molecule has 47 heavy (non-hydrogen) atoms. The van der Waals surface area contributed by atoms with Crippen molar-refractivity contribution >= 4 is 58.2 Å². The van der Waals surface area contributed by atoms with Gasteiger partial charge >= 0.3 is 0 Å². The van der Waals surface area contributed by atoms with Gasteiger partial charge in [0.1, 0.15) is 5.75 Å². The largest absolute Gasteiger partial charge is 0.508 e. The zero-order valence-electron chi connectivity index (χ0n) is 24.9. The predicted molar refractivity (Wildman–Crippen MR) is 178 cm³/mol. The van der Waals surface area contributed by atoms with Crippen molar-refractivity contribution < 1.29 is 24.3 Å². The number of allylic oxidation sites excluding steroid dienone is 2. The molecule has 6 atom stereocenters. The molecule has 2 saturated heterocycles. The fraction of sp³-hybridized carbons (Fsp3) is 0.211. The Labute approximate surface area is 281 Å². The van der Waals surface area contributed by atoms with E-state index in [1.54, 1.807) is 72.8 Å². The van der Waals surface area contributed by atoms with E-state index in [-0.39, 0.29) is 35.8 Å². The minimum atomic E-state index is -1.37. The number of benzene rings is 4. The van der Waals surface area contributed by atoms with Crippen molar-refractivity contribution in [3.05, 3.63) is 136 Å². The second kappa shape index (κ2) is 10.9. The number of hydrogen-bond acceptors (Lipinski definition) is 5. The highest BCUT2D eigenvalue weighted by molar-refractivity contribution is 6.32. The zero-order chi connectivity index (χ0) is 32.6. The van der Waals surface area contributed by atoms with Crippen LogP contribution in [0.4, 0.5) is 11.4 Å². The van der Waals surface area contributed by atoms with Crippen LogP contribution in [0.1, 0.15) is 29.9 Å². The van der Waals surface area contributed by atoms with Crippen LogP contribution in [0.3, 0.4) is 0 Å². The summed E-state index contributed by atoms with van der Waals surface area (Å²) >= 11 is 12.5. The number of anilines is 2. The zero-order valence-corrected chi connectivity index (χ0v) is 26.4. The average Bonchev–Trinajstić information content (AvgIpc) is 3.47. The number of aromatic hydroxyl groups is 1. The molecule has 4 aromatic carbocycles. The van der Waals surface area contributed by atoms with Crippen LogP contribution in [0, 0.1) is 23.7 Å². The number of imide groups is 2. The van der Waals surface area contributed by atoms with Crippen molar-refractivity contribution in [1.82, 2.24) is 0 Å². The molecule has 4 aromatic rings. The van der Waals surface area contributed by atoms with Crippen molar-refractivity contribution in [2.45, 2.75) is 24.2 Å². The third-order valence-corrected chi connectivity index (χ3v) is 11.0. The predicted octanol–water partition coefficient (Wildman–Crippen LogP) is 7.07. The molecule has 0 aromatic heterocycles. The third-order valence-electron chi connectivity index (χ3n) is 10.5. The van der Waals surface area contributed by atoms with Gasteiger partial charge in [-0.05, 0) is 84.5 Å². The summed E-state index contributed by atoms with van der Waals surface area (Å²) in [6.07, 6.45) is 2.53. The van der Waals surface area contributed by atoms with Gasteiger partial charge in [-0.2, -0.15) is 0 Å². The Morgan fingerprint density at radius 1 is 0.681 bits per heavy atom. The molecule has 8 rings (SSSR count). The normalized spacial score (nSPS) is 28.2. The Hall–Kier alpha value is -4.72. The topological polar surface area (TPSA) is 95.0 Å². The van der Waals surface area contributed by atoms with Crippen LogP contribution in [0.5, 0.6) is 5.75 Å². The molecule has 0 spiro atoms. The minimum Gasteiger partial charge on any atom is -0.508 e. The fourth-order valence-corrected chi connectivity index (χ4v) is 8.94. The molecule has 0 bridgehead atoms. The van der Waals surface area contributed by atoms with Crippen molar-refractivity contribution in [2.75, 3.05) is 9.80 Å².